The molecule has 1 heterocycles. The van der Waals surface area contributed by atoms with Crippen LogP contribution in [0.5, 0.6) is 0 Å². The van der Waals surface area contributed by atoms with Crippen LogP contribution in [0.3, 0.4) is 0 Å². The van der Waals surface area contributed by atoms with Gasteiger partial charge in [-0.3, -0.25) is 4.79 Å². The first-order chi connectivity index (χ1) is 5.34. The molecule has 3 nitrogen and oxygen atoms in total. The Bertz CT molecular complexity index is 165. The van der Waals surface area contributed by atoms with Crippen molar-refractivity contribution in [3.05, 3.63) is 12.4 Å². The van der Waals surface area contributed by atoms with E-state index in [9.17, 15) is 4.79 Å². The Morgan fingerprint density at radius 2 is 2.55 bits per heavy atom. The van der Waals surface area contributed by atoms with Crippen LogP contribution in [0, 0.1) is 0 Å². The zero-order valence-electron chi connectivity index (χ0n) is 6.84. The van der Waals surface area contributed by atoms with E-state index in [1.165, 1.54) is 0 Å². The van der Waals surface area contributed by atoms with Gasteiger partial charge >= 0.3 is 0 Å². The third-order valence-corrected chi connectivity index (χ3v) is 1.70. The van der Waals surface area contributed by atoms with Crippen molar-refractivity contribution in [3.63, 3.8) is 0 Å². The van der Waals surface area contributed by atoms with E-state index in [1.807, 2.05) is 12.4 Å². The Balaban J connectivity index is 2.35. The molecule has 1 amide bonds. The molecular weight excluding hydrogens is 140 g/mol. The van der Waals surface area contributed by atoms with Crippen LogP contribution in [0.4, 0.5) is 0 Å². The summed E-state index contributed by atoms with van der Waals surface area (Å²) in [5, 5.41) is 2.87. The molecule has 0 radical (unpaired) electrons. The number of nitrogens with one attached hydrogen (secondary N) is 1. The van der Waals surface area contributed by atoms with E-state index in [4.69, 9.17) is 0 Å². The molecule has 3 heteroatoms. The predicted octanol–water partition coefficient (Wildman–Crippen LogP) is 0.690. The van der Waals surface area contributed by atoms with Gasteiger partial charge < -0.3 is 10.2 Å². The number of nitrogens with zero attached hydrogens (tertiary/aromatic N) is 1. The molecule has 1 aliphatic rings. The fourth-order valence-electron chi connectivity index (χ4n) is 1.00. The van der Waals surface area contributed by atoms with E-state index < -0.39 is 0 Å². The van der Waals surface area contributed by atoms with Gasteiger partial charge in [0.25, 0.3) is 0 Å². The molecule has 0 saturated carbocycles. The van der Waals surface area contributed by atoms with E-state index in [2.05, 4.69) is 12.2 Å². The molecule has 0 aliphatic carbocycles. The first-order valence-electron chi connectivity index (χ1n) is 4.04. The highest BCUT2D eigenvalue weighted by Gasteiger charge is 2.11. The first-order valence-corrected chi connectivity index (χ1v) is 4.04. The van der Waals surface area contributed by atoms with Crippen molar-refractivity contribution in [2.75, 3.05) is 13.1 Å². The number of rotatable bonds is 3. The van der Waals surface area contributed by atoms with Crippen LogP contribution >= 0.6 is 0 Å². The summed E-state index contributed by atoms with van der Waals surface area (Å²) >= 11 is 0. The van der Waals surface area contributed by atoms with Crippen molar-refractivity contribution in [1.29, 1.82) is 0 Å². The summed E-state index contributed by atoms with van der Waals surface area (Å²) < 4.78 is 0. The SMILES string of the molecule is CCCCN1C=CNCC1=O. The van der Waals surface area contributed by atoms with Crippen molar-refractivity contribution >= 4 is 5.91 Å². The minimum Gasteiger partial charge on any atom is -0.381 e. The maximum Gasteiger partial charge on any atom is 0.245 e. The smallest absolute Gasteiger partial charge is 0.245 e. The zero-order chi connectivity index (χ0) is 8.10. The van der Waals surface area contributed by atoms with Crippen molar-refractivity contribution in [2.45, 2.75) is 19.8 Å². The van der Waals surface area contributed by atoms with E-state index in [1.54, 1.807) is 4.90 Å². The third-order valence-electron chi connectivity index (χ3n) is 1.70. The summed E-state index contributed by atoms with van der Waals surface area (Å²) in [7, 11) is 0. The van der Waals surface area contributed by atoms with E-state index >= 15 is 0 Å². The van der Waals surface area contributed by atoms with Gasteiger partial charge in [-0.25, -0.2) is 0 Å². The molecule has 0 atom stereocenters. The molecule has 0 fully saturated rings. The average molecular weight is 154 g/mol. The fourth-order valence-corrected chi connectivity index (χ4v) is 1.00. The highest BCUT2D eigenvalue weighted by molar-refractivity contribution is 5.80. The molecule has 0 aromatic rings. The quantitative estimate of drug-likeness (QED) is 0.648. The van der Waals surface area contributed by atoms with Crippen LogP contribution in [-0.4, -0.2) is 23.9 Å². The lowest BCUT2D eigenvalue weighted by Gasteiger charge is -2.21. The number of carbonyl (C=O) groups is 1. The fraction of sp³-hybridized carbons (Fsp3) is 0.625. The predicted molar refractivity (Wildman–Crippen MR) is 43.8 cm³/mol. The second-order valence-corrected chi connectivity index (χ2v) is 2.64. The highest BCUT2D eigenvalue weighted by atomic mass is 16.2. The van der Waals surface area contributed by atoms with Crippen LogP contribution in [0.15, 0.2) is 12.4 Å². The van der Waals surface area contributed by atoms with Crippen LogP contribution in [0.25, 0.3) is 0 Å². The summed E-state index contributed by atoms with van der Waals surface area (Å²) in [5.74, 6) is 0.168. The number of unbranched alkanes of at least 4 members (excludes halogenated alkanes) is 1. The molecule has 0 aromatic heterocycles. The zero-order valence-corrected chi connectivity index (χ0v) is 6.84. The Kier molecular flexibility index (Phi) is 2.95. The maximum absolute atomic E-state index is 11.1. The number of hydrogen-bond donors (Lipinski definition) is 1. The number of carbonyl (C=O) groups excluding carboxylic acids is 1. The van der Waals surface area contributed by atoms with Crippen LogP contribution in [0.1, 0.15) is 19.8 Å². The summed E-state index contributed by atoms with van der Waals surface area (Å²) in [4.78, 5) is 12.9. The minimum absolute atomic E-state index is 0.168. The molecule has 1 N–H and O–H groups in total. The van der Waals surface area contributed by atoms with E-state index in [-0.39, 0.29) is 5.91 Å². The molecule has 0 saturated heterocycles. The van der Waals surface area contributed by atoms with Gasteiger partial charge in [0, 0.05) is 18.9 Å². The second-order valence-electron chi connectivity index (χ2n) is 2.64. The van der Waals surface area contributed by atoms with Crippen molar-refractivity contribution < 1.29 is 4.79 Å². The third kappa shape index (κ3) is 2.26. The second kappa shape index (κ2) is 4.01. The molecule has 0 unspecified atom stereocenters. The summed E-state index contributed by atoms with van der Waals surface area (Å²) in [6.45, 7) is 3.42. The molecule has 11 heavy (non-hydrogen) atoms. The summed E-state index contributed by atoms with van der Waals surface area (Å²) in [6, 6.07) is 0. The lowest BCUT2D eigenvalue weighted by atomic mass is 10.3. The van der Waals surface area contributed by atoms with Gasteiger partial charge in [-0.15, -0.1) is 0 Å². The van der Waals surface area contributed by atoms with Crippen LogP contribution in [0.2, 0.25) is 0 Å². The molecular formula is C8H14N2O. The molecule has 0 aromatic carbocycles. The molecule has 1 rings (SSSR count). The summed E-state index contributed by atoms with van der Waals surface area (Å²) in [6.07, 6.45) is 5.83. The Labute approximate surface area is 67.1 Å². The van der Waals surface area contributed by atoms with Crippen LogP contribution in [-0.2, 0) is 4.79 Å². The maximum atomic E-state index is 11.1. The minimum atomic E-state index is 0.168. The molecule has 0 spiro atoms. The van der Waals surface area contributed by atoms with E-state index in [0.29, 0.717) is 6.54 Å². The monoisotopic (exact) mass is 154 g/mol. The lowest BCUT2D eigenvalue weighted by molar-refractivity contribution is -0.128. The highest BCUT2D eigenvalue weighted by Crippen LogP contribution is 1.98. The van der Waals surface area contributed by atoms with Gasteiger partial charge in [0.05, 0.1) is 6.54 Å². The number of amides is 1. The molecule has 62 valence electrons. The van der Waals surface area contributed by atoms with Gasteiger partial charge in [0.15, 0.2) is 0 Å². The van der Waals surface area contributed by atoms with E-state index in [0.717, 1.165) is 19.4 Å². The summed E-state index contributed by atoms with van der Waals surface area (Å²) in [5.41, 5.74) is 0. The van der Waals surface area contributed by atoms with Gasteiger partial charge in [0.1, 0.15) is 0 Å². The first kappa shape index (κ1) is 8.11. The van der Waals surface area contributed by atoms with Crippen molar-refractivity contribution in [3.8, 4) is 0 Å². The average Bonchev–Trinajstić information content (AvgIpc) is 2.03. The topological polar surface area (TPSA) is 32.3 Å². The van der Waals surface area contributed by atoms with Gasteiger partial charge in [0.2, 0.25) is 5.91 Å². The van der Waals surface area contributed by atoms with Crippen molar-refractivity contribution in [1.82, 2.24) is 10.2 Å². The standard InChI is InChI=1S/C8H14N2O/c1-2-3-5-10-6-4-9-7-8(10)11/h4,6,9H,2-3,5,7H2,1H3. The molecule has 0 bridgehead atoms. The van der Waals surface area contributed by atoms with Gasteiger partial charge in [-0.05, 0) is 6.42 Å². The van der Waals surface area contributed by atoms with Crippen molar-refractivity contribution in [2.24, 2.45) is 0 Å². The van der Waals surface area contributed by atoms with Crippen LogP contribution < -0.4 is 5.32 Å². The Hall–Kier alpha value is -0.990. The van der Waals surface area contributed by atoms with Gasteiger partial charge in [-0.1, -0.05) is 13.3 Å². The largest absolute Gasteiger partial charge is 0.381 e. The Morgan fingerprint density at radius 3 is 3.18 bits per heavy atom. The normalized spacial score (nSPS) is 16.8. The lowest BCUT2D eigenvalue weighted by Crippen LogP contribution is -2.37. The number of hydrogen-bond acceptors (Lipinski definition) is 2. The Morgan fingerprint density at radius 1 is 1.73 bits per heavy atom. The molecule has 1 aliphatic heterocycles. The van der Waals surface area contributed by atoms with Gasteiger partial charge in [-0.2, -0.15) is 0 Å².